The molecule has 2 aliphatic rings. The molecule has 0 spiro atoms. The third-order valence-electron chi connectivity index (χ3n) is 4.41. The average molecular weight is 266 g/mol. The van der Waals surface area contributed by atoms with Crippen molar-refractivity contribution >= 4 is 5.91 Å². The van der Waals surface area contributed by atoms with Crippen molar-refractivity contribution in [1.29, 1.82) is 0 Å². The van der Waals surface area contributed by atoms with Crippen LogP contribution in [0.25, 0.3) is 0 Å². The van der Waals surface area contributed by atoms with Crippen LogP contribution in [0.2, 0.25) is 0 Å². The van der Waals surface area contributed by atoms with Gasteiger partial charge in [-0.15, -0.1) is 6.58 Å². The van der Waals surface area contributed by atoms with Crippen LogP contribution in [-0.4, -0.2) is 47.7 Å². The first-order chi connectivity index (χ1) is 9.20. The molecule has 2 unspecified atom stereocenters. The number of amides is 1. The standard InChI is InChI=1S/C15H26N2O2/c1-2-8-16-15(19)11-17-10-13(18)9-14(17)12-6-4-3-5-7-12/h2,12-14,18H,1,3-11H2,(H,16,19). The Hall–Kier alpha value is -0.870. The van der Waals surface area contributed by atoms with Gasteiger partial charge in [-0.05, 0) is 25.2 Å². The van der Waals surface area contributed by atoms with Crippen molar-refractivity contribution in [1.82, 2.24) is 10.2 Å². The van der Waals surface area contributed by atoms with Crippen molar-refractivity contribution in [3.05, 3.63) is 12.7 Å². The Morgan fingerprint density at radius 2 is 2.11 bits per heavy atom. The van der Waals surface area contributed by atoms with Crippen LogP contribution in [0.3, 0.4) is 0 Å². The number of carbonyl (C=O) groups excluding carboxylic acids is 1. The molecule has 1 saturated carbocycles. The number of aliphatic hydroxyl groups excluding tert-OH is 1. The van der Waals surface area contributed by atoms with Gasteiger partial charge in [0.15, 0.2) is 0 Å². The molecule has 1 aliphatic carbocycles. The van der Waals surface area contributed by atoms with E-state index in [0.717, 1.165) is 6.42 Å². The maximum absolute atomic E-state index is 11.8. The molecule has 0 aromatic carbocycles. The zero-order valence-electron chi connectivity index (χ0n) is 11.7. The summed E-state index contributed by atoms with van der Waals surface area (Å²) in [5, 5.41) is 12.7. The van der Waals surface area contributed by atoms with Gasteiger partial charge < -0.3 is 10.4 Å². The molecule has 19 heavy (non-hydrogen) atoms. The number of nitrogens with one attached hydrogen (secondary N) is 1. The van der Waals surface area contributed by atoms with E-state index in [9.17, 15) is 9.90 Å². The zero-order valence-corrected chi connectivity index (χ0v) is 11.7. The number of aliphatic hydroxyl groups is 1. The van der Waals surface area contributed by atoms with Gasteiger partial charge in [0.1, 0.15) is 0 Å². The van der Waals surface area contributed by atoms with Crippen molar-refractivity contribution in [2.24, 2.45) is 5.92 Å². The molecular formula is C15H26N2O2. The van der Waals surface area contributed by atoms with E-state index in [-0.39, 0.29) is 12.0 Å². The smallest absolute Gasteiger partial charge is 0.234 e. The van der Waals surface area contributed by atoms with E-state index in [2.05, 4.69) is 16.8 Å². The fourth-order valence-corrected chi connectivity index (χ4v) is 3.53. The quantitative estimate of drug-likeness (QED) is 0.738. The van der Waals surface area contributed by atoms with Crippen molar-refractivity contribution in [2.75, 3.05) is 19.6 Å². The van der Waals surface area contributed by atoms with Crippen LogP contribution < -0.4 is 5.32 Å². The Labute approximate surface area is 115 Å². The highest BCUT2D eigenvalue weighted by Gasteiger charge is 2.37. The second-order valence-electron chi connectivity index (χ2n) is 5.88. The molecular weight excluding hydrogens is 240 g/mol. The van der Waals surface area contributed by atoms with Crippen molar-refractivity contribution in [2.45, 2.75) is 50.7 Å². The van der Waals surface area contributed by atoms with Crippen LogP contribution in [0, 0.1) is 5.92 Å². The van der Waals surface area contributed by atoms with Crippen LogP contribution in [0.15, 0.2) is 12.7 Å². The van der Waals surface area contributed by atoms with Gasteiger partial charge in [0, 0.05) is 19.1 Å². The number of hydrogen-bond donors (Lipinski definition) is 2. The Kier molecular flexibility index (Phi) is 5.40. The van der Waals surface area contributed by atoms with Gasteiger partial charge in [-0.25, -0.2) is 0 Å². The maximum Gasteiger partial charge on any atom is 0.234 e. The lowest BCUT2D eigenvalue weighted by molar-refractivity contribution is -0.122. The molecule has 2 fully saturated rings. The number of β-amino-alcohol motifs (C(OH)–C–C–N with tert-alkyl or cyclic N) is 1. The van der Waals surface area contributed by atoms with Crippen molar-refractivity contribution in [3.8, 4) is 0 Å². The third-order valence-corrected chi connectivity index (χ3v) is 4.41. The van der Waals surface area contributed by atoms with Crippen LogP contribution in [0.5, 0.6) is 0 Å². The van der Waals surface area contributed by atoms with Gasteiger partial charge in [-0.1, -0.05) is 25.3 Å². The van der Waals surface area contributed by atoms with Gasteiger partial charge in [0.2, 0.25) is 5.91 Å². The minimum Gasteiger partial charge on any atom is -0.392 e. The van der Waals surface area contributed by atoms with Crippen LogP contribution in [-0.2, 0) is 4.79 Å². The fourth-order valence-electron chi connectivity index (χ4n) is 3.53. The van der Waals surface area contributed by atoms with Crippen molar-refractivity contribution in [3.63, 3.8) is 0 Å². The summed E-state index contributed by atoms with van der Waals surface area (Å²) in [6.07, 6.45) is 8.70. The third kappa shape index (κ3) is 4.05. The van der Waals surface area contributed by atoms with Crippen LogP contribution in [0.4, 0.5) is 0 Å². The maximum atomic E-state index is 11.8. The first-order valence-electron chi connectivity index (χ1n) is 7.50. The van der Waals surface area contributed by atoms with Crippen LogP contribution in [0.1, 0.15) is 38.5 Å². The second-order valence-corrected chi connectivity index (χ2v) is 5.88. The molecule has 4 heteroatoms. The van der Waals surface area contributed by atoms with Crippen molar-refractivity contribution < 1.29 is 9.90 Å². The largest absolute Gasteiger partial charge is 0.392 e. The fraction of sp³-hybridized carbons (Fsp3) is 0.800. The SMILES string of the molecule is C=CCNC(=O)CN1CC(O)CC1C1CCCCC1. The summed E-state index contributed by atoms with van der Waals surface area (Å²) < 4.78 is 0. The number of likely N-dealkylation sites (tertiary alicyclic amines) is 1. The highest BCUT2D eigenvalue weighted by molar-refractivity contribution is 5.78. The summed E-state index contributed by atoms with van der Waals surface area (Å²) in [5.74, 6) is 0.702. The summed E-state index contributed by atoms with van der Waals surface area (Å²) in [6.45, 7) is 5.16. The summed E-state index contributed by atoms with van der Waals surface area (Å²) in [6, 6.07) is 0.393. The second kappa shape index (κ2) is 7.06. The molecule has 1 amide bonds. The van der Waals surface area contributed by atoms with E-state index in [1.807, 2.05) is 0 Å². The Morgan fingerprint density at radius 3 is 2.79 bits per heavy atom. The van der Waals surface area contributed by atoms with Gasteiger partial charge in [0.25, 0.3) is 0 Å². The molecule has 0 aromatic rings. The molecule has 0 bridgehead atoms. The minimum absolute atomic E-state index is 0.0369. The molecule has 2 rings (SSSR count). The molecule has 1 heterocycles. The van der Waals surface area contributed by atoms with E-state index in [0.29, 0.717) is 31.6 Å². The van der Waals surface area contributed by atoms with Gasteiger partial charge >= 0.3 is 0 Å². The molecule has 2 atom stereocenters. The summed E-state index contributed by atoms with van der Waals surface area (Å²) in [5.41, 5.74) is 0. The lowest BCUT2D eigenvalue weighted by Gasteiger charge is -2.33. The topological polar surface area (TPSA) is 52.6 Å². The summed E-state index contributed by atoms with van der Waals surface area (Å²) >= 11 is 0. The van der Waals surface area contributed by atoms with E-state index < -0.39 is 0 Å². The number of rotatable bonds is 5. The molecule has 1 saturated heterocycles. The molecule has 0 radical (unpaired) electrons. The summed E-state index contributed by atoms with van der Waals surface area (Å²) in [4.78, 5) is 14.0. The van der Waals surface area contributed by atoms with E-state index >= 15 is 0 Å². The predicted molar refractivity (Wildman–Crippen MR) is 75.8 cm³/mol. The van der Waals surface area contributed by atoms with E-state index in [4.69, 9.17) is 0 Å². The number of carbonyl (C=O) groups is 1. The lowest BCUT2D eigenvalue weighted by atomic mass is 9.83. The first-order valence-corrected chi connectivity index (χ1v) is 7.50. The molecule has 1 aliphatic heterocycles. The molecule has 2 N–H and O–H groups in total. The minimum atomic E-state index is -0.265. The number of nitrogens with zero attached hydrogens (tertiary/aromatic N) is 1. The molecule has 0 aromatic heterocycles. The Bertz CT molecular complexity index is 313. The lowest BCUT2D eigenvalue weighted by Crippen LogP contribution is -2.43. The Balaban J connectivity index is 1.89. The normalized spacial score (nSPS) is 29.3. The summed E-state index contributed by atoms with van der Waals surface area (Å²) in [7, 11) is 0. The average Bonchev–Trinajstić information content (AvgIpc) is 2.78. The van der Waals surface area contributed by atoms with E-state index in [1.54, 1.807) is 6.08 Å². The monoisotopic (exact) mass is 266 g/mol. The predicted octanol–water partition coefficient (Wildman–Crippen LogP) is 1.30. The van der Waals surface area contributed by atoms with Gasteiger partial charge in [0.05, 0.1) is 12.6 Å². The molecule has 108 valence electrons. The highest BCUT2D eigenvalue weighted by atomic mass is 16.3. The van der Waals surface area contributed by atoms with Gasteiger partial charge in [-0.2, -0.15) is 0 Å². The zero-order chi connectivity index (χ0) is 13.7. The number of hydrogen-bond acceptors (Lipinski definition) is 3. The first kappa shape index (κ1) is 14.5. The highest BCUT2D eigenvalue weighted by Crippen LogP contribution is 2.34. The van der Waals surface area contributed by atoms with Gasteiger partial charge in [-0.3, -0.25) is 9.69 Å². The Morgan fingerprint density at radius 1 is 1.37 bits per heavy atom. The molecule has 4 nitrogen and oxygen atoms in total. The van der Waals surface area contributed by atoms with Crippen LogP contribution >= 0.6 is 0 Å². The van der Waals surface area contributed by atoms with E-state index in [1.165, 1.54) is 32.1 Å².